The summed E-state index contributed by atoms with van der Waals surface area (Å²) in [5, 5.41) is 9.18. The largest absolute Gasteiger partial charge is 0.454 e. The molecule has 4 fully saturated rings. The fourth-order valence-electron chi connectivity index (χ4n) is 4.02. The number of carbonyl (C=O) groups excluding carboxylic acids is 2. The van der Waals surface area contributed by atoms with Gasteiger partial charge in [-0.15, -0.1) is 0 Å². The van der Waals surface area contributed by atoms with Crippen LogP contribution in [0, 0.1) is 17.2 Å². The minimum Gasteiger partial charge on any atom is -0.454 e. The first-order valence-electron chi connectivity index (χ1n) is 7.81. The molecule has 1 aromatic rings. The number of piperazine rings is 1. The number of fused-ring (bicyclic) bond motifs is 3. The number of benzene rings is 1. The van der Waals surface area contributed by atoms with Crippen molar-refractivity contribution in [3.05, 3.63) is 23.8 Å². The second-order valence-electron chi connectivity index (χ2n) is 6.44. The van der Waals surface area contributed by atoms with E-state index in [4.69, 9.17) is 9.47 Å². The summed E-state index contributed by atoms with van der Waals surface area (Å²) in [6.45, 7) is 0.162. The van der Waals surface area contributed by atoms with Crippen LogP contribution in [-0.4, -0.2) is 45.7 Å². The smallest absolute Gasteiger partial charge is 0.261 e. The molecule has 4 unspecified atom stereocenters. The second-order valence-corrected chi connectivity index (χ2v) is 9.00. The highest BCUT2D eigenvalue weighted by Crippen LogP contribution is 2.63. The van der Waals surface area contributed by atoms with Crippen molar-refractivity contribution in [1.82, 2.24) is 9.80 Å². The van der Waals surface area contributed by atoms with E-state index in [0.717, 1.165) is 5.56 Å². The van der Waals surface area contributed by atoms with Crippen molar-refractivity contribution in [3.63, 3.8) is 0 Å². The molecule has 5 aliphatic heterocycles. The van der Waals surface area contributed by atoms with Crippen LogP contribution in [0.4, 0.5) is 0 Å². The lowest BCUT2D eigenvalue weighted by Crippen LogP contribution is -2.69. The Morgan fingerprint density at radius 2 is 2.12 bits per heavy atom. The van der Waals surface area contributed by atoms with Crippen molar-refractivity contribution in [2.45, 2.75) is 22.7 Å². The third-order valence-corrected chi connectivity index (χ3v) is 8.45. The lowest BCUT2D eigenvalue weighted by atomic mass is 9.94. The number of likely N-dealkylation sites (N-methyl/N-ethyl adjacent to an activating group) is 1. The lowest BCUT2D eigenvalue weighted by molar-refractivity contribution is -0.158. The summed E-state index contributed by atoms with van der Waals surface area (Å²) in [7, 11) is 4.48. The topological polar surface area (TPSA) is 82.9 Å². The molecule has 4 saturated heterocycles. The standard InChI is InChI=1S/C16H13N3O4S2/c1-18-14-13(20)19-12(8-2-3-10-11(4-8)23-7-22-10)9(6-17)5-16(19,15(18)21)25-24-14/h2-4,9,12,14H,5,7H2,1H3. The van der Waals surface area contributed by atoms with E-state index < -0.39 is 22.2 Å². The molecule has 128 valence electrons. The van der Waals surface area contributed by atoms with E-state index in [1.165, 1.54) is 26.5 Å². The Morgan fingerprint density at radius 1 is 1.32 bits per heavy atom. The van der Waals surface area contributed by atoms with Gasteiger partial charge in [0.05, 0.1) is 18.0 Å². The molecule has 5 aliphatic rings. The fourth-order valence-corrected chi connectivity index (χ4v) is 7.48. The summed E-state index contributed by atoms with van der Waals surface area (Å²) in [6, 6.07) is 7.31. The zero-order valence-corrected chi connectivity index (χ0v) is 14.8. The number of amides is 2. The number of carbonyl (C=O) groups is 2. The van der Waals surface area contributed by atoms with Gasteiger partial charge in [-0.25, -0.2) is 0 Å². The minimum atomic E-state index is -0.993. The maximum Gasteiger partial charge on any atom is 0.261 e. The van der Waals surface area contributed by atoms with Gasteiger partial charge in [0.25, 0.3) is 11.8 Å². The average Bonchev–Trinajstić information content (AvgIpc) is 3.21. The predicted octanol–water partition coefficient (Wildman–Crippen LogP) is 1.72. The van der Waals surface area contributed by atoms with E-state index in [-0.39, 0.29) is 18.6 Å². The Morgan fingerprint density at radius 3 is 2.92 bits per heavy atom. The summed E-state index contributed by atoms with van der Waals surface area (Å²) < 4.78 is 10.8. The van der Waals surface area contributed by atoms with E-state index >= 15 is 0 Å². The Kier molecular flexibility index (Phi) is 3.04. The van der Waals surface area contributed by atoms with Crippen LogP contribution >= 0.6 is 21.6 Å². The molecule has 6 rings (SSSR count). The normalized spacial score (nSPS) is 35.1. The van der Waals surface area contributed by atoms with Gasteiger partial charge in [-0.2, -0.15) is 5.26 Å². The molecule has 4 atom stereocenters. The average molecular weight is 375 g/mol. The van der Waals surface area contributed by atoms with Crippen LogP contribution in [0.1, 0.15) is 18.0 Å². The summed E-state index contributed by atoms with van der Waals surface area (Å²) >= 11 is 0. The molecule has 0 N–H and O–H groups in total. The van der Waals surface area contributed by atoms with Crippen molar-refractivity contribution < 1.29 is 19.1 Å². The summed E-state index contributed by atoms with van der Waals surface area (Å²) in [5.74, 6) is 0.606. The number of nitriles is 1. The monoisotopic (exact) mass is 375 g/mol. The molecule has 0 saturated carbocycles. The van der Waals surface area contributed by atoms with Crippen LogP contribution in [0.15, 0.2) is 18.2 Å². The second kappa shape index (κ2) is 4.99. The van der Waals surface area contributed by atoms with Crippen LogP contribution in [-0.2, 0) is 9.59 Å². The van der Waals surface area contributed by atoms with E-state index in [1.54, 1.807) is 18.0 Å². The molecule has 0 radical (unpaired) electrons. The molecular formula is C16H13N3O4S2. The van der Waals surface area contributed by atoms with Crippen LogP contribution in [0.2, 0.25) is 0 Å². The third kappa shape index (κ3) is 1.79. The van der Waals surface area contributed by atoms with Crippen molar-refractivity contribution >= 4 is 33.4 Å². The number of ether oxygens (including phenoxy) is 2. The van der Waals surface area contributed by atoms with Gasteiger partial charge in [0.2, 0.25) is 6.79 Å². The summed E-state index contributed by atoms with van der Waals surface area (Å²) in [6.07, 6.45) is 0.335. The number of nitrogens with zero attached hydrogens (tertiary/aromatic N) is 3. The van der Waals surface area contributed by atoms with Crippen molar-refractivity contribution in [1.29, 1.82) is 5.26 Å². The van der Waals surface area contributed by atoms with E-state index in [1.807, 2.05) is 12.1 Å². The lowest BCUT2D eigenvalue weighted by Gasteiger charge is -2.52. The molecule has 1 aromatic carbocycles. The number of rotatable bonds is 1. The first kappa shape index (κ1) is 15.2. The molecule has 0 aromatic heterocycles. The quantitative estimate of drug-likeness (QED) is 0.691. The highest BCUT2D eigenvalue weighted by molar-refractivity contribution is 8.78. The van der Waals surface area contributed by atoms with Crippen LogP contribution in [0.5, 0.6) is 11.5 Å². The van der Waals surface area contributed by atoms with Gasteiger partial charge in [0.15, 0.2) is 21.7 Å². The summed E-state index contributed by atoms with van der Waals surface area (Å²) in [5.41, 5.74) is 0.801. The van der Waals surface area contributed by atoms with Gasteiger partial charge in [-0.05, 0) is 17.7 Å². The number of hydrogen-bond donors (Lipinski definition) is 0. The minimum absolute atomic E-state index is 0.0932. The fraction of sp³-hybridized carbons (Fsp3) is 0.438. The maximum atomic E-state index is 13.0. The zero-order chi connectivity index (χ0) is 17.3. The third-order valence-electron chi connectivity index (χ3n) is 5.18. The molecule has 5 heterocycles. The Bertz CT molecular complexity index is 856. The molecular weight excluding hydrogens is 362 g/mol. The van der Waals surface area contributed by atoms with Gasteiger partial charge in [0, 0.05) is 13.5 Å². The van der Waals surface area contributed by atoms with Gasteiger partial charge >= 0.3 is 0 Å². The zero-order valence-electron chi connectivity index (χ0n) is 13.2. The van der Waals surface area contributed by atoms with E-state index in [2.05, 4.69) is 6.07 Å². The highest BCUT2D eigenvalue weighted by Gasteiger charge is 2.68. The van der Waals surface area contributed by atoms with Crippen LogP contribution < -0.4 is 9.47 Å². The van der Waals surface area contributed by atoms with Crippen LogP contribution in [0.25, 0.3) is 0 Å². The van der Waals surface area contributed by atoms with Gasteiger partial charge in [0.1, 0.15) is 0 Å². The molecule has 7 nitrogen and oxygen atoms in total. The van der Waals surface area contributed by atoms with Crippen LogP contribution in [0.3, 0.4) is 0 Å². The SMILES string of the molecule is CN1C(=O)C23CC(C#N)C(c4ccc5c(c4)OCO5)N2C(=O)C1SS3. The van der Waals surface area contributed by atoms with Gasteiger partial charge in [-0.1, -0.05) is 27.7 Å². The molecule has 2 amide bonds. The van der Waals surface area contributed by atoms with Crippen molar-refractivity contribution in [3.8, 4) is 17.6 Å². The van der Waals surface area contributed by atoms with Crippen molar-refractivity contribution in [2.24, 2.45) is 5.92 Å². The van der Waals surface area contributed by atoms with Crippen molar-refractivity contribution in [2.75, 3.05) is 13.8 Å². The van der Waals surface area contributed by atoms with Gasteiger partial charge < -0.3 is 19.3 Å². The van der Waals surface area contributed by atoms with E-state index in [9.17, 15) is 14.9 Å². The molecule has 9 heteroatoms. The Labute approximate surface area is 151 Å². The molecule has 0 aliphatic carbocycles. The Balaban J connectivity index is 1.64. The predicted molar refractivity (Wildman–Crippen MR) is 90.3 cm³/mol. The van der Waals surface area contributed by atoms with Gasteiger partial charge in [-0.3, -0.25) is 9.59 Å². The first-order valence-corrected chi connectivity index (χ1v) is 10.0. The van der Waals surface area contributed by atoms with E-state index in [0.29, 0.717) is 17.9 Å². The highest BCUT2D eigenvalue weighted by atomic mass is 33.1. The summed E-state index contributed by atoms with van der Waals surface area (Å²) in [4.78, 5) is 28.1. The first-order chi connectivity index (χ1) is 12.1. The molecule has 25 heavy (non-hydrogen) atoms. The molecule has 2 bridgehead atoms. The molecule has 1 spiro atoms. The Hall–Kier alpha value is -2.05. The number of hydrogen-bond acceptors (Lipinski definition) is 7. The maximum absolute atomic E-state index is 13.0.